The highest BCUT2D eigenvalue weighted by Crippen LogP contribution is 2.56. The monoisotopic (exact) mass is 308 g/mol. The standard InChI is InChI=1S/C16H21BrO/c1-12-5-7-13(8-6-12)18-15-11-14(17)16(15)9-3-2-4-10-16/h5-8,14-15H,2-4,9-11H2,1H3. The van der Waals surface area contributed by atoms with Gasteiger partial charge in [-0.15, -0.1) is 0 Å². The van der Waals surface area contributed by atoms with Crippen molar-refractivity contribution >= 4 is 15.9 Å². The highest BCUT2D eigenvalue weighted by molar-refractivity contribution is 9.09. The van der Waals surface area contributed by atoms with Crippen LogP contribution in [-0.2, 0) is 0 Å². The highest BCUT2D eigenvalue weighted by Gasteiger charge is 2.55. The fourth-order valence-electron chi connectivity index (χ4n) is 3.49. The summed E-state index contributed by atoms with van der Waals surface area (Å²) in [6.45, 7) is 2.12. The van der Waals surface area contributed by atoms with Crippen LogP contribution in [0.25, 0.3) is 0 Å². The normalized spacial score (nSPS) is 29.9. The first-order chi connectivity index (χ1) is 8.71. The molecule has 2 aliphatic rings. The van der Waals surface area contributed by atoms with Gasteiger partial charge in [-0.2, -0.15) is 0 Å². The van der Waals surface area contributed by atoms with Crippen molar-refractivity contribution < 1.29 is 4.74 Å². The number of aryl methyl sites for hydroxylation is 1. The Morgan fingerprint density at radius 1 is 1.11 bits per heavy atom. The van der Waals surface area contributed by atoms with Crippen molar-refractivity contribution in [1.29, 1.82) is 0 Å². The molecule has 18 heavy (non-hydrogen) atoms. The maximum absolute atomic E-state index is 6.24. The number of rotatable bonds is 2. The molecule has 0 N–H and O–H groups in total. The Morgan fingerprint density at radius 2 is 1.78 bits per heavy atom. The molecule has 1 spiro atoms. The van der Waals surface area contributed by atoms with Crippen LogP contribution >= 0.6 is 15.9 Å². The van der Waals surface area contributed by atoms with Crippen molar-refractivity contribution in [2.24, 2.45) is 5.41 Å². The fourth-order valence-corrected chi connectivity index (χ4v) is 4.58. The van der Waals surface area contributed by atoms with Crippen LogP contribution in [0.2, 0.25) is 0 Å². The number of ether oxygens (including phenoxy) is 1. The first-order valence-corrected chi connectivity index (χ1v) is 8.00. The molecule has 3 rings (SSSR count). The largest absolute Gasteiger partial charge is 0.490 e. The van der Waals surface area contributed by atoms with E-state index in [1.807, 2.05) is 0 Å². The lowest BCUT2D eigenvalue weighted by Crippen LogP contribution is -2.57. The van der Waals surface area contributed by atoms with Crippen molar-refractivity contribution in [2.75, 3.05) is 0 Å². The van der Waals surface area contributed by atoms with E-state index in [-0.39, 0.29) is 0 Å². The van der Waals surface area contributed by atoms with Gasteiger partial charge in [0.25, 0.3) is 0 Å². The smallest absolute Gasteiger partial charge is 0.119 e. The molecule has 1 aromatic carbocycles. The Bertz CT molecular complexity index is 406. The third kappa shape index (κ3) is 2.09. The molecule has 0 bridgehead atoms. The van der Waals surface area contributed by atoms with Crippen molar-refractivity contribution in [2.45, 2.75) is 56.4 Å². The summed E-state index contributed by atoms with van der Waals surface area (Å²) in [7, 11) is 0. The lowest BCUT2D eigenvalue weighted by Gasteiger charge is -2.55. The molecule has 98 valence electrons. The molecule has 0 aliphatic heterocycles. The van der Waals surface area contributed by atoms with E-state index in [0.29, 0.717) is 16.3 Å². The molecule has 1 aromatic rings. The van der Waals surface area contributed by atoms with E-state index in [9.17, 15) is 0 Å². The number of benzene rings is 1. The van der Waals surface area contributed by atoms with Crippen molar-refractivity contribution in [1.82, 2.24) is 0 Å². The molecule has 2 fully saturated rings. The average Bonchev–Trinajstić information content (AvgIpc) is 2.42. The van der Waals surface area contributed by atoms with Gasteiger partial charge in [0.1, 0.15) is 11.9 Å². The predicted molar refractivity (Wildman–Crippen MR) is 78.4 cm³/mol. The van der Waals surface area contributed by atoms with Crippen LogP contribution in [-0.4, -0.2) is 10.9 Å². The second-order valence-electron chi connectivity index (χ2n) is 5.92. The number of hydrogen-bond acceptors (Lipinski definition) is 1. The lowest BCUT2D eigenvalue weighted by molar-refractivity contribution is -0.0601. The van der Waals surface area contributed by atoms with E-state index >= 15 is 0 Å². The van der Waals surface area contributed by atoms with Gasteiger partial charge in [0.05, 0.1) is 0 Å². The molecule has 2 saturated carbocycles. The van der Waals surface area contributed by atoms with E-state index < -0.39 is 0 Å². The number of halogens is 1. The average molecular weight is 309 g/mol. The van der Waals surface area contributed by atoms with Gasteiger partial charge < -0.3 is 4.74 Å². The fraction of sp³-hybridized carbons (Fsp3) is 0.625. The van der Waals surface area contributed by atoms with Crippen LogP contribution in [0.15, 0.2) is 24.3 Å². The zero-order chi connectivity index (χ0) is 12.6. The van der Waals surface area contributed by atoms with Crippen molar-refractivity contribution in [3.63, 3.8) is 0 Å². The Labute approximate surface area is 118 Å². The van der Waals surface area contributed by atoms with Gasteiger partial charge in [0, 0.05) is 10.2 Å². The van der Waals surface area contributed by atoms with Gasteiger partial charge in [-0.1, -0.05) is 52.9 Å². The van der Waals surface area contributed by atoms with Crippen LogP contribution < -0.4 is 4.74 Å². The molecule has 0 radical (unpaired) electrons. The molecule has 1 nitrogen and oxygen atoms in total. The summed E-state index contributed by atoms with van der Waals surface area (Å²) in [6.07, 6.45) is 8.39. The quantitative estimate of drug-likeness (QED) is 0.709. The molecule has 2 aliphatic carbocycles. The SMILES string of the molecule is Cc1ccc(OC2CC(Br)C23CCCCC3)cc1. The molecule has 0 saturated heterocycles. The Morgan fingerprint density at radius 3 is 2.39 bits per heavy atom. The third-order valence-corrected chi connectivity index (χ3v) is 6.06. The van der Waals surface area contributed by atoms with Gasteiger partial charge >= 0.3 is 0 Å². The molecule has 2 heteroatoms. The summed E-state index contributed by atoms with van der Waals surface area (Å²) in [5.74, 6) is 1.04. The number of hydrogen-bond donors (Lipinski definition) is 0. The van der Waals surface area contributed by atoms with E-state index in [1.165, 1.54) is 37.7 Å². The minimum Gasteiger partial charge on any atom is -0.490 e. The van der Waals surface area contributed by atoms with Gasteiger partial charge in [-0.05, 0) is 38.3 Å². The predicted octanol–water partition coefficient (Wildman–Crippen LogP) is 4.86. The molecule has 2 atom stereocenters. The van der Waals surface area contributed by atoms with Crippen molar-refractivity contribution in [3.8, 4) is 5.75 Å². The van der Waals surface area contributed by atoms with Crippen LogP contribution in [0.5, 0.6) is 5.75 Å². The van der Waals surface area contributed by atoms with E-state index in [2.05, 4.69) is 47.1 Å². The van der Waals surface area contributed by atoms with Gasteiger partial charge in [0.15, 0.2) is 0 Å². The zero-order valence-corrected chi connectivity index (χ0v) is 12.6. The summed E-state index contributed by atoms with van der Waals surface area (Å²) in [5.41, 5.74) is 1.71. The lowest BCUT2D eigenvalue weighted by atomic mass is 9.58. The second-order valence-corrected chi connectivity index (χ2v) is 7.02. The molecule has 0 aromatic heterocycles. The van der Waals surface area contributed by atoms with E-state index in [0.717, 1.165) is 12.2 Å². The molecular formula is C16H21BrO. The first-order valence-electron chi connectivity index (χ1n) is 7.08. The highest BCUT2D eigenvalue weighted by atomic mass is 79.9. The van der Waals surface area contributed by atoms with Gasteiger partial charge in [-0.3, -0.25) is 0 Å². The summed E-state index contributed by atoms with van der Waals surface area (Å²) in [5, 5.41) is 0. The Kier molecular flexibility index (Phi) is 3.40. The molecular weight excluding hydrogens is 288 g/mol. The third-order valence-electron chi connectivity index (χ3n) is 4.77. The first kappa shape index (κ1) is 12.5. The summed E-state index contributed by atoms with van der Waals surface area (Å²) < 4.78 is 6.24. The summed E-state index contributed by atoms with van der Waals surface area (Å²) >= 11 is 3.86. The van der Waals surface area contributed by atoms with E-state index in [1.54, 1.807) is 0 Å². The second kappa shape index (κ2) is 4.88. The Hall–Kier alpha value is -0.500. The summed E-state index contributed by atoms with van der Waals surface area (Å²) in [4.78, 5) is 0.667. The summed E-state index contributed by atoms with van der Waals surface area (Å²) in [6, 6.07) is 8.47. The van der Waals surface area contributed by atoms with Crippen LogP contribution in [0.4, 0.5) is 0 Å². The molecule has 2 unspecified atom stereocenters. The number of alkyl halides is 1. The van der Waals surface area contributed by atoms with Gasteiger partial charge in [0.2, 0.25) is 0 Å². The molecule has 0 amide bonds. The van der Waals surface area contributed by atoms with Crippen LogP contribution in [0, 0.1) is 12.3 Å². The topological polar surface area (TPSA) is 9.23 Å². The van der Waals surface area contributed by atoms with E-state index in [4.69, 9.17) is 4.74 Å². The minimum atomic E-state index is 0.420. The van der Waals surface area contributed by atoms with Crippen LogP contribution in [0.1, 0.15) is 44.1 Å². The molecule has 0 heterocycles. The minimum absolute atomic E-state index is 0.420. The Balaban J connectivity index is 1.71. The maximum Gasteiger partial charge on any atom is 0.119 e. The van der Waals surface area contributed by atoms with Crippen molar-refractivity contribution in [3.05, 3.63) is 29.8 Å². The van der Waals surface area contributed by atoms with Crippen LogP contribution in [0.3, 0.4) is 0 Å². The maximum atomic E-state index is 6.24. The van der Waals surface area contributed by atoms with Gasteiger partial charge in [-0.25, -0.2) is 0 Å². The zero-order valence-electron chi connectivity index (χ0n) is 11.0.